The van der Waals surface area contributed by atoms with Gasteiger partial charge < -0.3 is 14.6 Å². The normalized spacial score (nSPS) is 15.0. The van der Waals surface area contributed by atoms with Crippen molar-refractivity contribution >= 4 is 17.4 Å². The van der Waals surface area contributed by atoms with Gasteiger partial charge in [-0.3, -0.25) is 15.1 Å². The van der Waals surface area contributed by atoms with Gasteiger partial charge in [-0.05, 0) is 29.8 Å². The van der Waals surface area contributed by atoms with E-state index in [1.165, 1.54) is 12.1 Å². The highest BCUT2D eigenvalue weighted by Crippen LogP contribution is 2.13. The zero-order valence-corrected chi connectivity index (χ0v) is 13.5. The van der Waals surface area contributed by atoms with Gasteiger partial charge in [0.1, 0.15) is 5.76 Å². The summed E-state index contributed by atoms with van der Waals surface area (Å²) in [7, 11) is 0. The Morgan fingerprint density at radius 3 is 2.76 bits per heavy atom. The van der Waals surface area contributed by atoms with Crippen molar-refractivity contribution in [2.75, 3.05) is 19.8 Å². The van der Waals surface area contributed by atoms with Crippen LogP contribution < -0.4 is 0 Å². The first-order valence-corrected chi connectivity index (χ1v) is 7.61. The van der Waals surface area contributed by atoms with Gasteiger partial charge in [-0.2, -0.15) is 0 Å². The Balaban J connectivity index is 1.69. The predicted octanol–water partition coefficient (Wildman–Crippen LogP) is 2.50. The number of carboxylic acid groups (broad SMARTS) is 1. The van der Waals surface area contributed by atoms with Crippen LogP contribution in [-0.2, 0) is 20.9 Å². The maximum absolute atomic E-state index is 10.6. The van der Waals surface area contributed by atoms with Crippen molar-refractivity contribution in [1.82, 2.24) is 0 Å². The van der Waals surface area contributed by atoms with Gasteiger partial charge in [0.2, 0.25) is 0 Å². The molecule has 1 N–H and O–H groups in total. The Kier molecular flexibility index (Phi) is 6.85. The summed E-state index contributed by atoms with van der Waals surface area (Å²) in [6, 6.07) is 6.20. The third-order valence-corrected chi connectivity index (χ3v) is 3.27. The zero-order chi connectivity index (χ0) is 18.1. The van der Waals surface area contributed by atoms with Gasteiger partial charge in [-0.15, -0.1) is 0 Å². The first-order valence-electron chi connectivity index (χ1n) is 7.61. The molecule has 0 unspecified atom stereocenters. The van der Waals surface area contributed by atoms with Crippen LogP contribution in [0.25, 0.3) is 0 Å². The molecule has 25 heavy (non-hydrogen) atoms. The van der Waals surface area contributed by atoms with Gasteiger partial charge in [0.25, 0.3) is 5.69 Å². The van der Waals surface area contributed by atoms with E-state index in [9.17, 15) is 14.9 Å². The first kappa shape index (κ1) is 18.3. The SMILES string of the molecule is O=C(O)COC1=CC=CC(=NCCOCc2ccc([N+](=O)[O-])cc2)C1. The molecule has 0 aromatic heterocycles. The number of aliphatic carboxylic acids is 1. The second-order valence-corrected chi connectivity index (χ2v) is 5.20. The quantitative estimate of drug-likeness (QED) is 0.418. The molecule has 0 fully saturated rings. The molecule has 1 aliphatic rings. The van der Waals surface area contributed by atoms with Gasteiger partial charge in [-0.1, -0.05) is 6.08 Å². The number of carboxylic acids is 1. The van der Waals surface area contributed by atoms with E-state index in [0.29, 0.717) is 31.9 Å². The zero-order valence-electron chi connectivity index (χ0n) is 13.5. The highest BCUT2D eigenvalue weighted by molar-refractivity contribution is 5.97. The second kappa shape index (κ2) is 9.33. The van der Waals surface area contributed by atoms with Crippen LogP contribution in [0.2, 0.25) is 0 Å². The van der Waals surface area contributed by atoms with E-state index in [4.69, 9.17) is 14.6 Å². The van der Waals surface area contributed by atoms with E-state index in [1.54, 1.807) is 24.3 Å². The lowest BCUT2D eigenvalue weighted by atomic mass is 10.1. The Hall–Kier alpha value is -3.00. The molecule has 0 atom stereocenters. The van der Waals surface area contributed by atoms with Crippen LogP contribution in [0.15, 0.2) is 53.2 Å². The molecule has 1 aromatic rings. The molecule has 0 radical (unpaired) electrons. The summed E-state index contributed by atoms with van der Waals surface area (Å²) < 4.78 is 10.6. The van der Waals surface area contributed by atoms with Gasteiger partial charge >= 0.3 is 5.97 Å². The number of nitro benzene ring substituents is 1. The van der Waals surface area contributed by atoms with Crippen LogP contribution in [-0.4, -0.2) is 41.5 Å². The number of ether oxygens (including phenoxy) is 2. The first-order chi connectivity index (χ1) is 12.0. The average molecular weight is 346 g/mol. The summed E-state index contributed by atoms with van der Waals surface area (Å²) in [4.78, 5) is 25.0. The van der Waals surface area contributed by atoms with Crippen molar-refractivity contribution < 1.29 is 24.3 Å². The van der Waals surface area contributed by atoms with Crippen LogP contribution in [0.4, 0.5) is 5.69 Å². The molecule has 1 aromatic carbocycles. The van der Waals surface area contributed by atoms with E-state index in [-0.39, 0.29) is 12.3 Å². The van der Waals surface area contributed by atoms with Gasteiger partial charge in [0, 0.05) is 24.3 Å². The molecule has 8 heteroatoms. The highest BCUT2D eigenvalue weighted by Gasteiger charge is 2.08. The minimum absolute atomic E-state index is 0.0493. The number of allylic oxidation sites excluding steroid dienone is 4. The summed E-state index contributed by atoms with van der Waals surface area (Å²) in [6.45, 7) is 0.846. The fraction of sp³-hybridized carbons (Fsp3) is 0.294. The number of nitrogens with zero attached hydrogens (tertiary/aromatic N) is 2. The minimum atomic E-state index is -1.02. The van der Waals surface area contributed by atoms with Crippen LogP contribution in [0.5, 0.6) is 0 Å². The molecule has 0 saturated heterocycles. The van der Waals surface area contributed by atoms with E-state index < -0.39 is 10.9 Å². The van der Waals surface area contributed by atoms with Crippen LogP contribution in [0.3, 0.4) is 0 Å². The van der Waals surface area contributed by atoms with Crippen LogP contribution in [0.1, 0.15) is 12.0 Å². The van der Waals surface area contributed by atoms with E-state index in [1.807, 2.05) is 6.08 Å². The van der Waals surface area contributed by atoms with Crippen LogP contribution >= 0.6 is 0 Å². The molecule has 0 heterocycles. The van der Waals surface area contributed by atoms with E-state index >= 15 is 0 Å². The molecule has 0 aliphatic heterocycles. The predicted molar refractivity (Wildman–Crippen MR) is 90.5 cm³/mol. The molecule has 0 bridgehead atoms. The average Bonchev–Trinajstić information content (AvgIpc) is 2.60. The fourth-order valence-corrected chi connectivity index (χ4v) is 2.08. The van der Waals surface area contributed by atoms with Crippen molar-refractivity contribution in [3.8, 4) is 0 Å². The molecule has 132 valence electrons. The number of hydrogen-bond acceptors (Lipinski definition) is 6. The molecule has 2 rings (SSSR count). The summed E-state index contributed by atoms with van der Waals surface area (Å²) >= 11 is 0. The lowest BCUT2D eigenvalue weighted by Crippen LogP contribution is -2.11. The molecular formula is C17H18N2O6. The number of benzene rings is 1. The Morgan fingerprint density at radius 2 is 2.08 bits per heavy atom. The van der Waals surface area contributed by atoms with Gasteiger partial charge in [0.15, 0.2) is 6.61 Å². The molecule has 0 amide bonds. The third kappa shape index (κ3) is 6.56. The van der Waals surface area contributed by atoms with Crippen molar-refractivity contribution in [3.05, 3.63) is 63.9 Å². The lowest BCUT2D eigenvalue weighted by Gasteiger charge is -2.11. The molecular weight excluding hydrogens is 328 g/mol. The number of rotatable bonds is 9. The van der Waals surface area contributed by atoms with Gasteiger partial charge in [0.05, 0.1) is 24.7 Å². The summed E-state index contributed by atoms with van der Waals surface area (Å²) in [5.41, 5.74) is 1.69. The standard InChI is InChI=1S/C17H18N2O6/c20-17(21)12-25-16-3-1-2-14(10-16)18-8-9-24-11-13-4-6-15(7-5-13)19(22)23/h1-7H,8-12H2,(H,20,21). The highest BCUT2D eigenvalue weighted by atomic mass is 16.6. The Morgan fingerprint density at radius 1 is 1.32 bits per heavy atom. The lowest BCUT2D eigenvalue weighted by molar-refractivity contribution is -0.384. The molecule has 8 nitrogen and oxygen atoms in total. The summed E-state index contributed by atoms with van der Waals surface area (Å²) in [6.07, 6.45) is 5.76. The number of aliphatic imine (C=N–C) groups is 1. The Labute approximate surface area is 144 Å². The minimum Gasteiger partial charge on any atom is -0.486 e. The van der Waals surface area contributed by atoms with Gasteiger partial charge in [-0.25, -0.2) is 4.79 Å². The smallest absolute Gasteiger partial charge is 0.341 e. The monoisotopic (exact) mass is 346 g/mol. The number of hydrogen-bond donors (Lipinski definition) is 1. The summed E-state index contributed by atoms with van der Waals surface area (Å²) in [5.74, 6) is -0.455. The van der Waals surface area contributed by atoms with Crippen molar-refractivity contribution in [2.24, 2.45) is 4.99 Å². The van der Waals surface area contributed by atoms with Crippen molar-refractivity contribution in [1.29, 1.82) is 0 Å². The molecule has 1 aliphatic carbocycles. The largest absolute Gasteiger partial charge is 0.486 e. The third-order valence-electron chi connectivity index (χ3n) is 3.27. The maximum Gasteiger partial charge on any atom is 0.341 e. The number of non-ortho nitro benzene ring substituents is 1. The summed E-state index contributed by atoms with van der Waals surface area (Å²) in [5, 5.41) is 19.2. The van der Waals surface area contributed by atoms with Crippen molar-refractivity contribution in [2.45, 2.75) is 13.0 Å². The van der Waals surface area contributed by atoms with Crippen LogP contribution in [0, 0.1) is 10.1 Å². The second-order valence-electron chi connectivity index (χ2n) is 5.20. The van der Waals surface area contributed by atoms with E-state index in [0.717, 1.165) is 11.3 Å². The fourth-order valence-electron chi connectivity index (χ4n) is 2.08. The molecule has 0 spiro atoms. The van der Waals surface area contributed by atoms with E-state index in [2.05, 4.69) is 4.99 Å². The van der Waals surface area contributed by atoms with Crippen molar-refractivity contribution in [3.63, 3.8) is 0 Å². The number of nitro groups is 1. The Bertz CT molecular complexity index is 706. The molecule has 0 saturated carbocycles. The topological polar surface area (TPSA) is 111 Å². The maximum atomic E-state index is 10.6. The number of carbonyl (C=O) groups is 1.